The van der Waals surface area contributed by atoms with Gasteiger partial charge in [-0.2, -0.15) is 13.2 Å². The van der Waals surface area contributed by atoms with Crippen molar-refractivity contribution in [2.75, 3.05) is 0 Å². The number of benzene rings is 1. The molecule has 0 bridgehead atoms. The zero-order valence-electron chi connectivity index (χ0n) is 10.8. The summed E-state index contributed by atoms with van der Waals surface area (Å²) in [6, 6.07) is 5.90. The Hall–Kier alpha value is -1.03. The van der Waals surface area contributed by atoms with Crippen LogP contribution in [0, 0.1) is 13.8 Å². The first-order chi connectivity index (χ1) is 8.28. The van der Waals surface area contributed by atoms with Gasteiger partial charge in [-0.05, 0) is 44.2 Å². The van der Waals surface area contributed by atoms with Crippen molar-refractivity contribution < 1.29 is 13.2 Å². The van der Waals surface area contributed by atoms with E-state index in [1.807, 2.05) is 26.0 Å². The van der Waals surface area contributed by atoms with Crippen LogP contribution in [-0.4, -0.2) is 12.2 Å². The molecule has 0 amide bonds. The van der Waals surface area contributed by atoms with Gasteiger partial charge < -0.3 is 5.73 Å². The van der Waals surface area contributed by atoms with Crippen LogP contribution in [0.25, 0.3) is 0 Å². The number of nitrogens with two attached hydrogens (primary N) is 1. The van der Waals surface area contributed by atoms with Crippen molar-refractivity contribution in [3.8, 4) is 0 Å². The van der Waals surface area contributed by atoms with Crippen molar-refractivity contribution in [1.82, 2.24) is 0 Å². The number of hydrogen-bond donors (Lipinski definition) is 1. The van der Waals surface area contributed by atoms with Crippen LogP contribution in [0.15, 0.2) is 18.2 Å². The lowest BCUT2D eigenvalue weighted by molar-refractivity contribution is -0.135. The number of halogens is 3. The first-order valence-corrected chi connectivity index (χ1v) is 6.16. The van der Waals surface area contributed by atoms with Gasteiger partial charge in [0.2, 0.25) is 0 Å². The van der Waals surface area contributed by atoms with Gasteiger partial charge in [0, 0.05) is 12.5 Å². The first kappa shape index (κ1) is 15.0. The van der Waals surface area contributed by atoms with E-state index < -0.39 is 12.6 Å². The second kappa shape index (κ2) is 6.23. The van der Waals surface area contributed by atoms with Crippen molar-refractivity contribution in [2.45, 2.75) is 51.7 Å². The Morgan fingerprint density at radius 1 is 1.22 bits per heavy atom. The van der Waals surface area contributed by atoms with Crippen molar-refractivity contribution in [1.29, 1.82) is 0 Å². The highest BCUT2D eigenvalue weighted by Gasteiger charge is 2.26. The maximum atomic E-state index is 12.0. The minimum atomic E-state index is -4.07. The third-order valence-corrected chi connectivity index (χ3v) is 3.02. The van der Waals surface area contributed by atoms with E-state index in [1.54, 1.807) is 0 Å². The van der Waals surface area contributed by atoms with Gasteiger partial charge >= 0.3 is 6.18 Å². The Bertz CT molecular complexity index is 385. The Balaban J connectivity index is 2.44. The van der Waals surface area contributed by atoms with Crippen molar-refractivity contribution in [3.63, 3.8) is 0 Å². The van der Waals surface area contributed by atoms with Crippen LogP contribution in [0.3, 0.4) is 0 Å². The molecule has 0 aliphatic carbocycles. The van der Waals surface area contributed by atoms with Gasteiger partial charge in [-0.3, -0.25) is 0 Å². The lowest BCUT2D eigenvalue weighted by atomic mass is 9.97. The summed E-state index contributed by atoms with van der Waals surface area (Å²) in [5.74, 6) is 0. The molecule has 0 radical (unpaired) electrons. The third kappa shape index (κ3) is 5.54. The number of hydrogen-bond acceptors (Lipinski definition) is 1. The van der Waals surface area contributed by atoms with Gasteiger partial charge in [0.15, 0.2) is 0 Å². The van der Waals surface area contributed by atoms with Gasteiger partial charge in [0.05, 0.1) is 0 Å². The molecule has 1 unspecified atom stereocenters. The van der Waals surface area contributed by atoms with Crippen LogP contribution < -0.4 is 5.73 Å². The molecule has 0 saturated heterocycles. The highest BCUT2D eigenvalue weighted by Crippen LogP contribution is 2.23. The van der Waals surface area contributed by atoms with Crippen LogP contribution in [0.4, 0.5) is 13.2 Å². The monoisotopic (exact) mass is 259 g/mol. The number of aryl methyl sites for hydroxylation is 2. The Morgan fingerprint density at radius 2 is 1.89 bits per heavy atom. The molecule has 2 N–H and O–H groups in total. The van der Waals surface area contributed by atoms with Crippen molar-refractivity contribution in [3.05, 3.63) is 34.9 Å². The Morgan fingerprint density at radius 3 is 2.50 bits per heavy atom. The molecule has 1 rings (SSSR count). The summed E-state index contributed by atoms with van der Waals surface area (Å²) in [7, 11) is 0. The number of alkyl halides is 3. The summed E-state index contributed by atoms with van der Waals surface area (Å²) in [5.41, 5.74) is 9.32. The fraction of sp³-hybridized carbons (Fsp3) is 0.571. The SMILES string of the molecule is Cc1ccc(C)c(CC(N)CCCC(F)(F)F)c1. The highest BCUT2D eigenvalue weighted by molar-refractivity contribution is 5.31. The van der Waals surface area contributed by atoms with Crippen molar-refractivity contribution >= 4 is 0 Å². The minimum absolute atomic E-state index is 0.107. The van der Waals surface area contributed by atoms with E-state index in [2.05, 4.69) is 6.07 Å². The molecule has 1 aromatic carbocycles. The minimum Gasteiger partial charge on any atom is -0.327 e. The summed E-state index contributed by atoms with van der Waals surface area (Å²) in [6.45, 7) is 4.00. The second-order valence-corrected chi connectivity index (χ2v) is 4.90. The van der Waals surface area contributed by atoms with Gasteiger partial charge in [0.1, 0.15) is 0 Å². The van der Waals surface area contributed by atoms with E-state index in [9.17, 15) is 13.2 Å². The van der Waals surface area contributed by atoms with Crippen molar-refractivity contribution in [2.24, 2.45) is 5.73 Å². The summed E-state index contributed by atoms with van der Waals surface area (Å²) >= 11 is 0. The Labute approximate surface area is 106 Å². The van der Waals surface area contributed by atoms with Crippen LogP contribution in [0.5, 0.6) is 0 Å². The standard InChI is InChI=1S/C14H20F3N/c1-10-5-6-11(2)12(8-10)9-13(18)4-3-7-14(15,16)17/h5-6,8,13H,3-4,7,9,18H2,1-2H3. The average molecular weight is 259 g/mol. The van der Waals surface area contributed by atoms with Gasteiger partial charge in [-0.1, -0.05) is 23.8 Å². The third-order valence-electron chi connectivity index (χ3n) is 3.02. The fourth-order valence-electron chi connectivity index (χ4n) is 1.97. The summed E-state index contributed by atoms with van der Waals surface area (Å²) in [5, 5.41) is 0. The molecule has 1 atom stereocenters. The molecule has 0 heterocycles. The van der Waals surface area contributed by atoms with E-state index in [1.165, 1.54) is 0 Å². The quantitative estimate of drug-likeness (QED) is 0.852. The summed E-state index contributed by atoms with van der Waals surface area (Å²) in [4.78, 5) is 0. The normalized spacial score (nSPS) is 13.7. The van der Waals surface area contributed by atoms with E-state index in [0.717, 1.165) is 16.7 Å². The smallest absolute Gasteiger partial charge is 0.327 e. The molecule has 4 heteroatoms. The maximum absolute atomic E-state index is 12.0. The topological polar surface area (TPSA) is 26.0 Å². The first-order valence-electron chi connectivity index (χ1n) is 6.16. The van der Waals surface area contributed by atoms with Crippen LogP contribution in [0.1, 0.15) is 36.0 Å². The average Bonchev–Trinajstić information content (AvgIpc) is 2.21. The maximum Gasteiger partial charge on any atom is 0.389 e. The zero-order valence-corrected chi connectivity index (χ0v) is 10.8. The fourth-order valence-corrected chi connectivity index (χ4v) is 1.97. The molecule has 0 spiro atoms. The molecule has 1 aromatic rings. The molecule has 0 aliphatic rings. The lowest BCUT2D eigenvalue weighted by Gasteiger charge is -2.14. The Kier molecular flexibility index (Phi) is 5.20. The van der Waals surface area contributed by atoms with E-state index >= 15 is 0 Å². The van der Waals surface area contributed by atoms with Crippen LogP contribution in [-0.2, 0) is 6.42 Å². The van der Waals surface area contributed by atoms with Crippen LogP contribution in [0.2, 0.25) is 0 Å². The summed E-state index contributed by atoms with van der Waals surface area (Å²) < 4.78 is 36.0. The molecule has 0 saturated carbocycles. The molecule has 0 fully saturated rings. The molecule has 0 aromatic heterocycles. The van der Waals surface area contributed by atoms with E-state index in [4.69, 9.17) is 5.73 Å². The largest absolute Gasteiger partial charge is 0.389 e. The van der Waals surface area contributed by atoms with E-state index in [0.29, 0.717) is 12.8 Å². The lowest BCUT2D eigenvalue weighted by Crippen LogP contribution is -2.24. The van der Waals surface area contributed by atoms with Gasteiger partial charge in [0.25, 0.3) is 0 Å². The molecular formula is C14H20F3N. The molecular weight excluding hydrogens is 239 g/mol. The second-order valence-electron chi connectivity index (χ2n) is 4.90. The highest BCUT2D eigenvalue weighted by atomic mass is 19.4. The molecule has 18 heavy (non-hydrogen) atoms. The van der Waals surface area contributed by atoms with E-state index in [-0.39, 0.29) is 12.5 Å². The molecule has 0 aliphatic heterocycles. The predicted octanol–water partition coefficient (Wildman–Crippen LogP) is 3.91. The van der Waals surface area contributed by atoms with Gasteiger partial charge in [-0.15, -0.1) is 0 Å². The molecule has 102 valence electrons. The summed E-state index contributed by atoms with van der Waals surface area (Å²) in [6.07, 6.45) is -3.65. The predicted molar refractivity (Wildman–Crippen MR) is 67.5 cm³/mol. The molecule has 1 nitrogen and oxygen atoms in total. The van der Waals surface area contributed by atoms with Gasteiger partial charge in [-0.25, -0.2) is 0 Å². The zero-order chi connectivity index (χ0) is 13.8. The van der Waals surface area contributed by atoms with Crippen LogP contribution >= 0.6 is 0 Å². The number of rotatable bonds is 5.